The summed E-state index contributed by atoms with van der Waals surface area (Å²) in [5, 5.41) is 3.40. The normalized spacial score (nSPS) is 20.5. The van der Waals surface area contributed by atoms with E-state index in [1.807, 2.05) is 63.0 Å². The number of aromatic nitrogens is 2. The molecular formula is C31H36N6O2. The van der Waals surface area contributed by atoms with E-state index in [2.05, 4.69) is 52.3 Å². The summed E-state index contributed by atoms with van der Waals surface area (Å²) in [6.45, 7) is 4.27. The fourth-order valence-corrected chi connectivity index (χ4v) is 5.55. The third-order valence-corrected chi connectivity index (χ3v) is 7.62. The zero-order chi connectivity index (χ0) is 28.2. The summed E-state index contributed by atoms with van der Waals surface area (Å²) in [7, 11) is 5.53. The number of likely N-dealkylation sites (N-methyl/N-ethyl adjacent to an activating group) is 2. The van der Waals surface area contributed by atoms with E-state index in [1.165, 1.54) is 11.1 Å². The van der Waals surface area contributed by atoms with Crippen molar-refractivity contribution < 1.29 is 9.53 Å². The molecule has 8 nitrogen and oxygen atoms in total. The Labute approximate surface area is 231 Å². The van der Waals surface area contributed by atoms with Crippen molar-refractivity contribution in [3.05, 3.63) is 83.6 Å². The van der Waals surface area contributed by atoms with Crippen LogP contribution in [0.3, 0.4) is 0 Å². The lowest BCUT2D eigenvalue weighted by atomic mass is 9.74. The monoisotopic (exact) mass is 524 g/mol. The first-order chi connectivity index (χ1) is 18.9. The molecule has 1 saturated heterocycles. The molecule has 1 spiro atoms. The van der Waals surface area contributed by atoms with Crippen LogP contribution in [0.15, 0.2) is 71.8 Å². The summed E-state index contributed by atoms with van der Waals surface area (Å²) in [6, 6.07) is 14.4. The number of rotatable bonds is 5. The minimum atomic E-state index is -0.637. The van der Waals surface area contributed by atoms with Gasteiger partial charge in [-0.3, -0.25) is 4.79 Å². The van der Waals surface area contributed by atoms with Crippen LogP contribution in [-0.2, 0) is 17.6 Å². The molecule has 39 heavy (non-hydrogen) atoms. The highest BCUT2D eigenvalue weighted by Gasteiger charge is 2.51. The highest BCUT2D eigenvalue weighted by molar-refractivity contribution is 6.09. The third-order valence-electron chi connectivity index (χ3n) is 7.62. The predicted octanol–water partition coefficient (Wildman–Crippen LogP) is 4.44. The van der Waals surface area contributed by atoms with Crippen LogP contribution in [-0.4, -0.2) is 64.5 Å². The van der Waals surface area contributed by atoms with Crippen molar-refractivity contribution in [1.82, 2.24) is 19.4 Å². The molecule has 8 heteroatoms. The molecule has 2 heterocycles. The topological polar surface area (TPSA) is 75.0 Å². The molecule has 0 saturated carbocycles. The Hall–Kier alpha value is -4.51. The number of allylic oxidation sites excluding steroid dienone is 1. The number of aryl methyl sites for hydroxylation is 2. The smallest absolute Gasteiger partial charge is 0.253 e. The van der Waals surface area contributed by atoms with Crippen LogP contribution in [0.4, 0.5) is 5.69 Å². The first-order valence-electron chi connectivity index (χ1n) is 12.9. The Balaban J connectivity index is 0.00000172. The number of nitrogens with one attached hydrogen (secondary N) is 1. The second-order valence-corrected chi connectivity index (χ2v) is 9.70. The number of imidazole rings is 1. The number of hydrogen-bond acceptors (Lipinski definition) is 5. The van der Waals surface area contributed by atoms with Crippen LogP contribution in [0.1, 0.15) is 30.2 Å². The summed E-state index contributed by atoms with van der Waals surface area (Å²) < 4.78 is 7.59. The number of terminal acetylenes is 1. The summed E-state index contributed by atoms with van der Waals surface area (Å²) in [4.78, 5) is 26.9. The fourth-order valence-electron chi connectivity index (χ4n) is 5.55. The molecule has 1 atom stereocenters. The molecule has 1 amide bonds. The number of aliphatic imine (C=N–C) groups is 1. The third kappa shape index (κ3) is 5.00. The second-order valence-electron chi connectivity index (χ2n) is 9.70. The maximum atomic E-state index is 13.7. The first kappa shape index (κ1) is 27.5. The molecule has 2 aromatic carbocycles. The number of amides is 1. The number of piperazine rings is 1. The molecule has 1 unspecified atom stereocenters. The van der Waals surface area contributed by atoms with E-state index in [0.29, 0.717) is 13.1 Å². The van der Waals surface area contributed by atoms with Gasteiger partial charge in [-0.2, -0.15) is 0 Å². The Morgan fingerprint density at radius 3 is 2.59 bits per heavy atom. The van der Waals surface area contributed by atoms with Gasteiger partial charge in [-0.1, -0.05) is 30.3 Å². The van der Waals surface area contributed by atoms with Gasteiger partial charge in [0.2, 0.25) is 0 Å². The van der Waals surface area contributed by atoms with Gasteiger partial charge in [0.15, 0.2) is 0 Å². The van der Waals surface area contributed by atoms with E-state index in [1.54, 1.807) is 18.3 Å². The molecule has 1 fully saturated rings. The molecule has 3 aromatic rings. The van der Waals surface area contributed by atoms with Gasteiger partial charge in [-0.25, -0.2) is 9.98 Å². The minimum absolute atomic E-state index is 0.125. The molecule has 1 aromatic heterocycles. The fraction of sp³-hybridized carbons (Fsp3) is 0.323. The Morgan fingerprint density at radius 2 is 1.92 bits per heavy atom. The SMILES string of the molecule is C#C.C/C=C1\C(=N/CNc2ccc(-n3cnc(C)c3)c(OC)c2)N(C)C2(CCc3ccccc3C2)C(=O)N1C. The van der Waals surface area contributed by atoms with Gasteiger partial charge in [0.1, 0.15) is 23.8 Å². The molecule has 2 aliphatic rings. The standard InChI is InChI=1S/C29H34N6O2.C2H2/c1-6-24-27(31-18-30-23-11-12-25(26(15-23)37-5)35-17-20(2)32-19-35)34(4)29(28(36)33(24)3)14-13-21-9-7-8-10-22(21)16-29;1-2/h6-12,15,17,19,30H,13-14,16,18H2,1-5H3;1-2H/b24-6+,31-27+;. The lowest BCUT2D eigenvalue weighted by molar-refractivity contribution is -0.140. The second kappa shape index (κ2) is 11.5. The molecule has 1 aliphatic carbocycles. The van der Waals surface area contributed by atoms with Crippen LogP contribution < -0.4 is 10.1 Å². The number of hydrogen-bond donors (Lipinski definition) is 1. The number of benzene rings is 2. The van der Waals surface area contributed by atoms with Crippen LogP contribution in [0.25, 0.3) is 5.69 Å². The highest BCUT2D eigenvalue weighted by Crippen LogP contribution is 2.39. The van der Waals surface area contributed by atoms with Crippen LogP contribution in [0, 0.1) is 19.8 Å². The Morgan fingerprint density at radius 1 is 1.18 bits per heavy atom. The Kier molecular flexibility index (Phi) is 8.10. The van der Waals surface area contributed by atoms with Gasteiger partial charge in [-0.15, -0.1) is 12.8 Å². The van der Waals surface area contributed by atoms with Gasteiger partial charge >= 0.3 is 0 Å². The zero-order valence-electron chi connectivity index (χ0n) is 23.3. The van der Waals surface area contributed by atoms with Crippen molar-refractivity contribution in [2.24, 2.45) is 4.99 Å². The zero-order valence-corrected chi connectivity index (χ0v) is 23.3. The maximum Gasteiger partial charge on any atom is 0.253 e. The van der Waals surface area contributed by atoms with Gasteiger partial charge in [0, 0.05) is 38.5 Å². The van der Waals surface area contributed by atoms with E-state index in [-0.39, 0.29) is 5.91 Å². The number of amidine groups is 1. The quantitative estimate of drug-likeness (QED) is 0.500. The number of carbonyl (C=O) groups is 1. The average Bonchev–Trinajstić information content (AvgIpc) is 3.41. The van der Waals surface area contributed by atoms with E-state index < -0.39 is 5.54 Å². The van der Waals surface area contributed by atoms with Crippen LogP contribution in [0.5, 0.6) is 5.75 Å². The summed E-state index contributed by atoms with van der Waals surface area (Å²) in [6.07, 6.45) is 16.0. The van der Waals surface area contributed by atoms with Crippen molar-refractivity contribution >= 4 is 17.4 Å². The van der Waals surface area contributed by atoms with Crippen molar-refractivity contribution in [3.63, 3.8) is 0 Å². The van der Waals surface area contributed by atoms with Crippen molar-refractivity contribution in [2.75, 3.05) is 33.2 Å². The van der Waals surface area contributed by atoms with Crippen molar-refractivity contribution in [3.8, 4) is 24.3 Å². The van der Waals surface area contributed by atoms with Gasteiger partial charge in [0.05, 0.1) is 30.5 Å². The number of ether oxygens (including phenoxy) is 1. The number of anilines is 1. The van der Waals surface area contributed by atoms with E-state index in [4.69, 9.17) is 9.73 Å². The van der Waals surface area contributed by atoms with Crippen LogP contribution >= 0.6 is 0 Å². The molecule has 1 N–H and O–H groups in total. The average molecular weight is 525 g/mol. The molecule has 202 valence electrons. The van der Waals surface area contributed by atoms with Crippen molar-refractivity contribution in [2.45, 2.75) is 38.6 Å². The largest absolute Gasteiger partial charge is 0.494 e. The van der Waals surface area contributed by atoms with E-state index in [9.17, 15) is 4.79 Å². The van der Waals surface area contributed by atoms with E-state index in [0.717, 1.165) is 47.2 Å². The summed E-state index contributed by atoms with van der Waals surface area (Å²) in [5.74, 6) is 1.68. The summed E-state index contributed by atoms with van der Waals surface area (Å²) >= 11 is 0. The minimum Gasteiger partial charge on any atom is -0.494 e. The van der Waals surface area contributed by atoms with Gasteiger partial charge < -0.3 is 24.4 Å². The number of carbonyl (C=O) groups excluding carboxylic acids is 1. The van der Waals surface area contributed by atoms with E-state index >= 15 is 0 Å². The number of methoxy groups -OCH3 is 1. The Bertz CT molecular complexity index is 1440. The lowest BCUT2D eigenvalue weighted by Crippen LogP contribution is -2.67. The molecule has 0 bridgehead atoms. The number of fused-ring (bicyclic) bond motifs is 1. The van der Waals surface area contributed by atoms with Crippen molar-refractivity contribution in [1.29, 1.82) is 0 Å². The molecular weight excluding hydrogens is 488 g/mol. The molecule has 5 rings (SSSR count). The molecule has 1 aliphatic heterocycles. The van der Waals surface area contributed by atoms with Gasteiger partial charge in [-0.05, 0) is 49.9 Å². The first-order valence-corrected chi connectivity index (χ1v) is 12.9. The molecule has 0 radical (unpaired) electrons. The predicted molar refractivity (Wildman–Crippen MR) is 156 cm³/mol. The lowest BCUT2D eigenvalue weighted by Gasteiger charge is -2.51. The highest BCUT2D eigenvalue weighted by atomic mass is 16.5. The van der Waals surface area contributed by atoms with Crippen LogP contribution in [0.2, 0.25) is 0 Å². The van der Waals surface area contributed by atoms with Gasteiger partial charge in [0.25, 0.3) is 5.91 Å². The maximum absolute atomic E-state index is 13.7. The summed E-state index contributed by atoms with van der Waals surface area (Å²) in [5.41, 5.74) is 5.51. The number of nitrogens with zero attached hydrogens (tertiary/aromatic N) is 5.